The fraction of sp³-hybridized carbons (Fsp3) is 0.864. The van der Waals surface area contributed by atoms with Crippen LogP contribution in [0.3, 0.4) is 0 Å². The number of nitrogens with zero attached hydrogens (tertiary/aromatic N) is 3. The molecule has 0 saturated carbocycles. The molecule has 0 aliphatic rings. The van der Waals surface area contributed by atoms with Crippen molar-refractivity contribution in [2.24, 2.45) is 0 Å². The van der Waals surface area contributed by atoms with Crippen LogP contribution >= 0.6 is 0 Å². The maximum absolute atomic E-state index is 12.1. The van der Waals surface area contributed by atoms with E-state index in [-0.39, 0.29) is 11.9 Å². The summed E-state index contributed by atoms with van der Waals surface area (Å²) in [6.07, 6.45) is 43.1. The van der Waals surface area contributed by atoms with Gasteiger partial charge in [-0.25, -0.2) is 9.59 Å². The molecule has 0 spiro atoms. The first-order valence-corrected chi connectivity index (χ1v) is 28.8. The molecule has 1 unspecified atom stereocenters. The minimum absolute atomic E-state index is 0.344. The van der Waals surface area contributed by atoms with Crippen LogP contribution < -0.4 is 0 Å². The Bertz CT molecular complexity index is 1150. The second-order valence-corrected chi connectivity index (χ2v) is 20.8. The number of unbranched alkanes of at least 4 members (excludes halogenated alkanes) is 20. The molecule has 1 atom stereocenters. The SMILES string of the molecule is C=CC(=O)OCC[N+](CCCCCCCC)(CCC/C(C)=C\CCC(C)[N+](CCCCCCCC)(CCCCCCCC)CCC[N+](CC)(CC)CCCCCCCC)CCOC(=O)C=C. The normalized spacial score (nSPS) is 12.9. The lowest BCUT2D eigenvalue weighted by Crippen LogP contribution is -2.57. The summed E-state index contributed by atoms with van der Waals surface area (Å²) in [5, 5.41) is 0. The molecule has 388 valence electrons. The molecular formula is C59H116N3O4+3. The maximum atomic E-state index is 12.1. The first-order valence-electron chi connectivity index (χ1n) is 28.8. The fourth-order valence-corrected chi connectivity index (χ4v) is 10.7. The number of esters is 2. The van der Waals surface area contributed by atoms with Crippen molar-refractivity contribution in [3.8, 4) is 0 Å². The Morgan fingerprint density at radius 3 is 1.21 bits per heavy atom. The van der Waals surface area contributed by atoms with Gasteiger partial charge in [0.1, 0.15) is 26.3 Å². The second-order valence-electron chi connectivity index (χ2n) is 20.8. The van der Waals surface area contributed by atoms with E-state index in [1.54, 1.807) is 0 Å². The first kappa shape index (κ1) is 64.0. The molecule has 0 aromatic carbocycles. The van der Waals surface area contributed by atoms with Crippen LogP contribution in [0.25, 0.3) is 0 Å². The summed E-state index contributed by atoms with van der Waals surface area (Å²) in [6, 6.07) is 0.655. The third-order valence-corrected chi connectivity index (χ3v) is 15.6. The molecule has 0 N–H and O–H groups in total. The summed E-state index contributed by atoms with van der Waals surface area (Å²) >= 11 is 0. The number of carbonyl (C=O) groups excluding carboxylic acids is 2. The summed E-state index contributed by atoms with van der Waals surface area (Å²) in [6.45, 7) is 39.7. The Morgan fingerprint density at radius 2 is 0.803 bits per heavy atom. The number of carbonyl (C=O) groups is 2. The van der Waals surface area contributed by atoms with Crippen LogP contribution in [0.1, 0.15) is 242 Å². The summed E-state index contributed by atoms with van der Waals surface area (Å²) in [5.74, 6) is -0.754. The lowest BCUT2D eigenvalue weighted by molar-refractivity contribution is -0.959. The van der Waals surface area contributed by atoms with Crippen LogP contribution in [0, 0.1) is 0 Å². The highest BCUT2D eigenvalue weighted by Gasteiger charge is 2.34. The molecule has 0 fully saturated rings. The zero-order chi connectivity index (χ0) is 49.0. The third-order valence-electron chi connectivity index (χ3n) is 15.6. The van der Waals surface area contributed by atoms with E-state index < -0.39 is 0 Å². The van der Waals surface area contributed by atoms with Gasteiger partial charge in [-0.1, -0.05) is 155 Å². The van der Waals surface area contributed by atoms with Gasteiger partial charge >= 0.3 is 11.9 Å². The average molecular weight is 932 g/mol. The first-order chi connectivity index (χ1) is 32.0. The number of quaternary nitrogens is 3. The molecule has 0 radical (unpaired) electrons. The molecule has 0 rings (SSSR count). The minimum atomic E-state index is -0.377. The summed E-state index contributed by atoms with van der Waals surface area (Å²) < 4.78 is 14.5. The van der Waals surface area contributed by atoms with E-state index in [1.807, 2.05) is 0 Å². The minimum Gasteiger partial charge on any atom is -0.457 e. The Labute approximate surface area is 412 Å². The molecule has 0 amide bonds. The molecule has 66 heavy (non-hydrogen) atoms. The number of hydrogen-bond donors (Lipinski definition) is 0. The standard InChI is InChI=1S/C59H116N3O4/c1-11-19-23-27-31-35-45-60(17-7,18-8)48-41-51-62(49-37-33-29-25-21-13-3,50-38-34-30-26-22-14-4)57(10)44-39-42-56(9)43-40-47-61(52-54-65-58(63)15-5,53-55-66-59(64)16-6)46-36-32-28-24-20-12-2/h15-16,42,57H,5-6,11-14,17-41,43-55H2,1-4,7-10H3/q+3/b56-42-. The zero-order valence-electron chi connectivity index (χ0n) is 45.9. The summed E-state index contributed by atoms with van der Waals surface area (Å²) in [7, 11) is 0. The second kappa shape index (κ2) is 43.1. The van der Waals surface area contributed by atoms with Crippen molar-refractivity contribution in [3.63, 3.8) is 0 Å². The largest absolute Gasteiger partial charge is 0.457 e. The van der Waals surface area contributed by atoms with Gasteiger partial charge in [-0.2, -0.15) is 0 Å². The van der Waals surface area contributed by atoms with Gasteiger partial charge in [0, 0.05) is 31.4 Å². The maximum Gasteiger partial charge on any atom is 0.330 e. The van der Waals surface area contributed by atoms with Crippen LogP contribution in [0.5, 0.6) is 0 Å². The van der Waals surface area contributed by atoms with Crippen molar-refractivity contribution < 1.29 is 32.5 Å². The van der Waals surface area contributed by atoms with Gasteiger partial charge in [-0.05, 0) is 91.9 Å². The number of ether oxygens (including phenoxy) is 2. The lowest BCUT2D eigenvalue weighted by Gasteiger charge is -2.45. The van der Waals surface area contributed by atoms with Gasteiger partial charge in [0.05, 0.1) is 64.9 Å². The Morgan fingerprint density at radius 1 is 0.455 bits per heavy atom. The Balaban J connectivity index is 6.21. The van der Waals surface area contributed by atoms with E-state index in [0.29, 0.717) is 32.3 Å². The Kier molecular flexibility index (Phi) is 41.8. The fourth-order valence-electron chi connectivity index (χ4n) is 10.7. The van der Waals surface area contributed by atoms with Crippen molar-refractivity contribution in [2.45, 2.75) is 248 Å². The molecule has 0 bridgehead atoms. The summed E-state index contributed by atoms with van der Waals surface area (Å²) in [5.41, 5.74) is 1.49. The highest BCUT2D eigenvalue weighted by atomic mass is 16.5. The molecular weight excluding hydrogens is 815 g/mol. The molecule has 7 heteroatoms. The van der Waals surface area contributed by atoms with E-state index in [2.05, 4.69) is 74.6 Å². The third kappa shape index (κ3) is 32.0. The topological polar surface area (TPSA) is 52.6 Å². The zero-order valence-corrected chi connectivity index (χ0v) is 45.9. The van der Waals surface area contributed by atoms with E-state index in [4.69, 9.17) is 9.47 Å². The number of allylic oxidation sites excluding steroid dienone is 2. The van der Waals surface area contributed by atoms with Crippen molar-refractivity contribution in [1.29, 1.82) is 0 Å². The van der Waals surface area contributed by atoms with Crippen LogP contribution in [-0.4, -0.2) is 117 Å². The highest BCUT2D eigenvalue weighted by molar-refractivity contribution is 5.81. The van der Waals surface area contributed by atoms with Crippen LogP contribution in [0.2, 0.25) is 0 Å². The van der Waals surface area contributed by atoms with E-state index >= 15 is 0 Å². The molecule has 0 aliphatic carbocycles. The average Bonchev–Trinajstić information content (AvgIpc) is 3.32. The predicted octanol–water partition coefficient (Wildman–Crippen LogP) is 15.7. The van der Waals surface area contributed by atoms with Crippen molar-refractivity contribution in [3.05, 3.63) is 37.0 Å². The van der Waals surface area contributed by atoms with Crippen LogP contribution in [-0.2, 0) is 19.1 Å². The van der Waals surface area contributed by atoms with Gasteiger partial charge < -0.3 is 22.9 Å². The summed E-state index contributed by atoms with van der Waals surface area (Å²) in [4.78, 5) is 24.1. The van der Waals surface area contributed by atoms with E-state index in [9.17, 15) is 9.59 Å². The molecule has 7 nitrogen and oxygen atoms in total. The van der Waals surface area contributed by atoms with Crippen molar-refractivity contribution >= 4 is 11.9 Å². The van der Waals surface area contributed by atoms with Gasteiger partial charge in [-0.15, -0.1) is 0 Å². The van der Waals surface area contributed by atoms with Crippen molar-refractivity contribution in [2.75, 3.05) is 85.2 Å². The predicted molar refractivity (Wildman–Crippen MR) is 288 cm³/mol. The monoisotopic (exact) mass is 931 g/mol. The van der Waals surface area contributed by atoms with Crippen LogP contribution in [0.4, 0.5) is 0 Å². The molecule has 0 heterocycles. The highest BCUT2D eigenvalue weighted by Crippen LogP contribution is 2.26. The smallest absolute Gasteiger partial charge is 0.330 e. The van der Waals surface area contributed by atoms with Gasteiger partial charge in [-0.3, -0.25) is 0 Å². The molecule has 0 saturated heterocycles. The Hall–Kier alpha value is -1.96. The van der Waals surface area contributed by atoms with E-state index in [0.717, 1.165) is 43.3 Å². The van der Waals surface area contributed by atoms with Gasteiger partial charge in [0.15, 0.2) is 0 Å². The van der Waals surface area contributed by atoms with Crippen LogP contribution in [0.15, 0.2) is 37.0 Å². The molecule has 0 aromatic heterocycles. The van der Waals surface area contributed by atoms with Gasteiger partial charge in [0.25, 0.3) is 0 Å². The number of rotatable bonds is 50. The molecule has 0 aliphatic heterocycles. The lowest BCUT2D eigenvalue weighted by atomic mass is 10.0. The van der Waals surface area contributed by atoms with E-state index in [1.165, 1.54) is 233 Å². The quantitative estimate of drug-likeness (QED) is 0.0201. The molecule has 0 aromatic rings. The number of hydrogen-bond acceptors (Lipinski definition) is 4. The van der Waals surface area contributed by atoms with Gasteiger partial charge in [0.2, 0.25) is 0 Å². The van der Waals surface area contributed by atoms with Crippen molar-refractivity contribution in [1.82, 2.24) is 0 Å².